The molecule has 7 nitrogen and oxygen atoms in total. The van der Waals surface area contributed by atoms with Crippen LogP contribution in [-0.2, 0) is 25.0 Å². The molecular formula is C6H15NaO7S2. The van der Waals surface area contributed by atoms with Gasteiger partial charge in [0.05, 0.1) is 11.5 Å². The van der Waals surface area contributed by atoms with Crippen LogP contribution < -0.4 is 0 Å². The molecule has 0 unspecified atom stereocenters. The Bertz CT molecular complexity index is 324. The summed E-state index contributed by atoms with van der Waals surface area (Å²) in [7, 11) is -7.91. The van der Waals surface area contributed by atoms with E-state index in [2.05, 4.69) is 0 Å². The summed E-state index contributed by atoms with van der Waals surface area (Å²) in [4.78, 5) is 0. The van der Waals surface area contributed by atoms with Crippen molar-refractivity contribution in [2.75, 3.05) is 24.7 Å². The third kappa shape index (κ3) is 17.2. The Hall–Kier alpha value is 0.780. The maximum atomic E-state index is 10.2. The van der Waals surface area contributed by atoms with Gasteiger partial charge in [-0.2, -0.15) is 16.8 Å². The first-order chi connectivity index (χ1) is 6.71. The number of hydrogen-bond acceptors (Lipinski definition) is 5. The Kier molecular flexibility index (Phi) is 10.5. The molecule has 0 aliphatic carbocycles. The molecule has 94 valence electrons. The van der Waals surface area contributed by atoms with E-state index < -0.39 is 20.2 Å². The van der Waals surface area contributed by atoms with Gasteiger partial charge in [0.25, 0.3) is 20.2 Å². The molecular weight excluding hydrogens is 271 g/mol. The van der Waals surface area contributed by atoms with Crippen LogP contribution in [-0.4, -0.2) is 80.2 Å². The van der Waals surface area contributed by atoms with Crippen molar-refractivity contribution in [2.45, 2.75) is 12.8 Å². The fourth-order valence-corrected chi connectivity index (χ4v) is 1.75. The van der Waals surface area contributed by atoms with Crippen molar-refractivity contribution in [3.63, 3.8) is 0 Å². The van der Waals surface area contributed by atoms with Crippen LogP contribution in [0.15, 0.2) is 0 Å². The van der Waals surface area contributed by atoms with Crippen molar-refractivity contribution in [2.24, 2.45) is 0 Å². The van der Waals surface area contributed by atoms with Gasteiger partial charge in [-0.25, -0.2) is 0 Å². The Morgan fingerprint density at radius 1 is 0.812 bits per heavy atom. The molecule has 0 heterocycles. The second-order valence-corrected chi connectivity index (χ2v) is 6.04. The molecule has 0 spiro atoms. The van der Waals surface area contributed by atoms with E-state index >= 15 is 0 Å². The normalized spacial score (nSPS) is 12.1. The predicted molar refractivity (Wildman–Crippen MR) is 60.0 cm³/mol. The van der Waals surface area contributed by atoms with Crippen LogP contribution >= 0.6 is 0 Å². The van der Waals surface area contributed by atoms with Crippen LogP contribution in [0.5, 0.6) is 0 Å². The van der Waals surface area contributed by atoms with E-state index in [1.807, 2.05) is 0 Å². The summed E-state index contributed by atoms with van der Waals surface area (Å²) < 4.78 is 62.5. The van der Waals surface area contributed by atoms with E-state index in [1.165, 1.54) is 0 Å². The fraction of sp³-hybridized carbons (Fsp3) is 1.00. The van der Waals surface area contributed by atoms with E-state index in [0.29, 0.717) is 0 Å². The Labute approximate surface area is 117 Å². The van der Waals surface area contributed by atoms with Crippen molar-refractivity contribution >= 4 is 49.8 Å². The molecule has 0 aliphatic rings. The van der Waals surface area contributed by atoms with Gasteiger partial charge in [-0.15, -0.1) is 0 Å². The minimum atomic E-state index is -3.96. The first-order valence-electron chi connectivity index (χ1n) is 4.19. The van der Waals surface area contributed by atoms with Crippen molar-refractivity contribution in [1.82, 2.24) is 0 Å². The van der Waals surface area contributed by atoms with Crippen LogP contribution in [0.2, 0.25) is 0 Å². The average Bonchev–Trinajstić information content (AvgIpc) is 1.98. The van der Waals surface area contributed by atoms with Gasteiger partial charge in [0.2, 0.25) is 0 Å². The average molecular weight is 286 g/mol. The van der Waals surface area contributed by atoms with Crippen molar-refractivity contribution in [3.8, 4) is 0 Å². The number of rotatable bonds is 8. The fourth-order valence-electron chi connectivity index (χ4n) is 0.789. The monoisotopic (exact) mass is 286 g/mol. The Morgan fingerprint density at radius 3 is 1.38 bits per heavy atom. The Balaban J connectivity index is 0. The topological polar surface area (TPSA) is 118 Å². The van der Waals surface area contributed by atoms with Crippen LogP contribution in [0, 0.1) is 0 Å². The molecule has 0 radical (unpaired) electrons. The number of ether oxygens (including phenoxy) is 1. The van der Waals surface area contributed by atoms with Gasteiger partial charge in [0.15, 0.2) is 0 Å². The third-order valence-electron chi connectivity index (χ3n) is 1.38. The standard InChI is InChI=1S/C6H14O7S2.Na.H/c7-14(8,9)5-1-3-13-4-2-6-15(10,11)12;;/h1-6H2,(H,7,8,9)(H,10,11,12);;. The summed E-state index contributed by atoms with van der Waals surface area (Å²) in [6.07, 6.45) is 0.287. The molecule has 10 heteroatoms. The molecule has 0 saturated carbocycles. The molecule has 0 aromatic carbocycles. The summed E-state index contributed by atoms with van der Waals surface area (Å²) in [6.45, 7) is 0.233. The van der Waals surface area contributed by atoms with E-state index in [4.69, 9.17) is 13.8 Å². The molecule has 0 aromatic heterocycles. The first kappa shape index (κ1) is 19.1. The summed E-state index contributed by atoms with van der Waals surface area (Å²) in [5, 5.41) is 0. The zero-order valence-corrected chi connectivity index (χ0v) is 9.63. The van der Waals surface area contributed by atoms with Gasteiger partial charge in [0.1, 0.15) is 0 Å². The van der Waals surface area contributed by atoms with Crippen molar-refractivity contribution < 1.29 is 30.7 Å². The molecule has 16 heavy (non-hydrogen) atoms. The van der Waals surface area contributed by atoms with Gasteiger partial charge in [-0.3, -0.25) is 9.11 Å². The zero-order chi connectivity index (χ0) is 11.9. The van der Waals surface area contributed by atoms with E-state index in [1.54, 1.807) is 0 Å². The SMILES string of the molecule is O=S(=O)(O)CCCOCCCS(=O)(=O)O.[NaH]. The quantitative estimate of drug-likeness (QED) is 0.330. The van der Waals surface area contributed by atoms with Crippen LogP contribution in [0.1, 0.15) is 12.8 Å². The number of hydrogen-bond donors (Lipinski definition) is 2. The van der Waals surface area contributed by atoms with Gasteiger partial charge < -0.3 is 4.74 Å². The van der Waals surface area contributed by atoms with Crippen LogP contribution in [0.4, 0.5) is 0 Å². The summed E-state index contributed by atoms with van der Waals surface area (Å²) in [5.41, 5.74) is 0. The van der Waals surface area contributed by atoms with Crippen molar-refractivity contribution in [1.29, 1.82) is 0 Å². The molecule has 0 atom stereocenters. The molecule has 0 rings (SSSR count). The van der Waals surface area contributed by atoms with Gasteiger partial charge in [0, 0.05) is 13.2 Å². The van der Waals surface area contributed by atoms with Gasteiger partial charge in [-0.05, 0) is 12.8 Å². The summed E-state index contributed by atoms with van der Waals surface area (Å²) in [5.74, 6) is -0.767. The molecule has 0 fully saturated rings. The molecule has 0 bridgehead atoms. The Morgan fingerprint density at radius 2 is 1.12 bits per heavy atom. The van der Waals surface area contributed by atoms with E-state index in [-0.39, 0.29) is 67.1 Å². The maximum absolute atomic E-state index is 10.2. The predicted octanol–water partition coefficient (Wildman–Crippen LogP) is -1.09. The summed E-state index contributed by atoms with van der Waals surface area (Å²) >= 11 is 0. The van der Waals surface area contributed by atoms with E-state index in [0.717, 1.165) is 0 Å². The third-order valence-corrected chi connectivity index (χ3v) is 2.99. The van der Waals surface area contributed by atoms with Crippen molar-refractivity contribution in [3.05, 3.63) is 0 Å². The molecule has 0 aromatic rings. The molecule has 2 N–H and O–H groups in total. The summed E-state index contributed by atoms with van der Waals surface area (Å²) in [6, 6.07) is 0. The van der Waals surface area contributed by atoms with Crippen LogP contribution in [0.25, 0.3) is 0 Å². The first-order valence-corrected chi connectivity index (χ1v) is 7.40. The minimum absolute atomic E-state index is 0. The van der Waals surface area contributed by atoms with Gasteiger partial charge in [-0.1, -0.05) is 0 Å². The molecule has 0 saturated heterocycles. The molecule has 0 aliphatic heterocycles. The molecule has 0 amide bonds. The van der Waals surface area contributed by atoms with E-state index in [9.17, 15) is 16.8 Å². The second kappa shape index (κ2) is 8.81. The van der Waals surface area contributed by atoms with Crippen LogP contribution in [0.3, 0.4) is 0 Å². The second-order valence-electron chi connectivity index (χ2n) is 2.89. The zero-order valence-electron chi connectivity index (χ0n) is 7.99. The van der Waals surface area contributed by atoms with Gasteiger partial charge >= 0.3 is 29.6 Å².